The second-order valence-electron chi connectivity index (χ2n) is 5.68. The van der Waals surface area contributed by atoms with Crippen LogP contribution in [0.4, 0.5) is 0 Å². The van der Waals surface area contributed by atoms with Crippen LogP contribution in [0.1, 0.15) is 45.4 Å². The Hall–Kier alpha value is -0.120. The van der Waals surface area contributed by atoms with Gasteiger partial charge in [0.1, 0.15) is 0 Å². The number of likely N-dealkylation sites (N-methyl/N-ethyl adjacent to an activating group) is 1. The first-order valence-corrected chi connectivity index (χ1v) is 6.62. The molecule has 1 aliphatic carbocycles. The van der Waals surface area contributed by atoms with E-state index >= 15 is 0 Å². The Balaban J connectivity index is 2.28. The Kier molecular flexibility index (Phi) is 5.73. The van der Waals surface area contributed by atoms with Crippen LogP contribution in [0, 0.1) is 0 Å². The maximum Gasteiger partial charge on any atom is 0.0771 e. The smallest absolute Gasteiger partial charge is 0.0771 e. The minimum Gasteiger partial charge on any atom is -0.389 e. The molecule has 0 aromatic carbocycles. The van der Waals surface area contributed by atoms with Crippen molar-refractivity contribution in [1.82, 2.24) is 10.2 Å². The summed E-state index contributed by atoms with van der Waals surface area (Å²) in [4.78, 5) is 2.18. The molecular formula is C13H28N2O. The van der Waals surface area contributed by atoms with Crippen LogP contribution < -0.4 is 5.32 Å². The van der Waals surface area contributed by atoms with Crippen molar-refractivity contribution in [3.63, 3.8) is 0 Å². The van der Waals surface area contributed by atoms with Crippen LogP contribution in [-0.4, -0.2) is 48.8 Å². The van der Waals surface area contributed by atoms with Crippen LogP contribution in [-0.2, 0) is 0 Å². The first-order chi connectivity index (χ1) is 7.52. The van der Waals surface area contributed by atoms with Crippen molar-refractivity contribution in [2.45, 2.75) is 57.1 Å². The number of rotatable bonds is 5. The fraction of sp³-hybridized carbons (Fsp3) is 1.00. The molecule has 0 bridgehead atoms. The van der Waals surface area contributed by atoms with Crippen molar-refractivity contribution in [3.8, 4) is 0 Å². The molecule has 16 heavy (non-hydrogen) atoms. The SMILES string of the molecule is CC(CN(C)C)NCC1(O)CCCCCC1. The topological polar surface area (TPSA) is 35.5 Å². The molecule has 1 atom stereocenters. The lowest BCUT2D eigenvalue weighted by Gasteiger charge is -2.29. The number of nitrogens with one attached hydrogen (secondary N) is 1. The second kappa shape index (κ2) is 6.58. The van der Waals surface area contributed by atoms with Crippen molar-refractivity contribution in [2.24, 2.45) is 0 Å². The lowest BCUT2D eigenvalue weighted by Crippen LogP contribution is -2.46. The van der Waals surface area contributed by atoms with Crippen LogP contribution in [0.2, 0.25) is 0 Å². The maximum absolute atomic E-state index is 10.5. The third-order valence-electron chi connectivity index (χ3n) is 3.45. The summed E-state index contributed by atoms with van der Waals surface area (Å²) in [5, 5.41) is 13.9. The Bertz CT molecular complexity index is 186. The first kappa shape index (κ1) is 13.9. The molecule has 0 aromatic rings. The van der Waals surface area contributed by atoms with Gasteiger partial charge in [-0.25, -0.2) is 0 Å². The largest absolute Gasteiger partial charge is 0.389 e. The van der Waals surface area contributed by atoms with Gasteiger partial charge in [-0.05, 0) is 33.9 Å². The van der Waals surface area contributed by atoms with Crippen molar-refractivity contribution in [1.29, 1.82) is 0 Å². The van der Waals surface area contributed by atoms with Gasteiger partial charge in [0, 0.05) is 19.1 Å². The van der Waals surface area contributed by atoms with E-state index in [1.807, 2.05) is 0 Å². The van der Waals surface area contributed by atoms with Crippen LogP contribution in [0.25, 0.3) is 0 Å². The molecule has 0 radical (unpaired) electrons. The van der Waals surface area contributed by atoms with Gasteiger partial charge in [0.15, 0.2) is 0 Å². The maximum atomic E-state index is 10.5. The monoisotopic (exact) mass is 228 g/mol. The third-order valence-corrected chi connectivity index (χ3v) is 3.45. The van der Waals surface area contributed by atoms with Crippen LogP contribution in [0.5, 0.6) is 0 Å². The fourth-order valence-corrected chi connectivity index (χ4v) is 2.54. The molecule has 0 aromatic heterocycles. The molecular weight excluding hydrogens is 200 g/mol. The lowest BCUT2D eigenvalue weighted by molar-refractivity contribution is 0.0225. The summed E-state index contributed by atoms with van der Waals surface area (Å²) in [5.41, 5.74) is -0.447. The van der Waals surface area contributed by atoms with E-state index in [2.05, 4.69) is 31.2 Å². The van der Waals surface area contributed by atoms with Gasteiger partial charge in [0.25, 0.3) is 0 Å². The second-order valence-corrected chi connectivity index (χ2v) is 5.68. The van der Waals surface area contributed by atoms with Crippen molar-refractivity contribution in [2.75, 3.05) is 27.2 Å². The van der Waals surface area contributed by atoms with Crippen molar-refractivity contribution < 1.29 is 5.11 Å². The molecule has 1 saturated carbocycles. The summed E-state index contributed by atoms with van der Waals surface area (Å²) in [5.74, 6) is 0. The zero-order valence-corrected chi connectivity index (χ0v) is 11.1. The molecule has 3 nitrogen and oxygen atoms in total. The summed E-state index contributed by atoms with van der Waals surface area (Å²) in [6.07, 6.45) is 6.87. The highest BCUT2D eigenvalue weighted by Gasteiger charge is 2.27. The van der Waals surface area contributed by atoms with Crippen LogP contribution >= 0.6 is 0 Å². The quantitative estimate of drug-likeness (QED) is 0.702. The fourth-order valence-electron chi connectivity index (χ4n) is 2.54. The van der Waals surface area contributed by atoms with Crippen molar-refractivity contribution in [3.05, 3.63) is 0 Å². The zero-order valence-electron chi connectivity index (χ0n) is 11.1. The Morgan fingerprint density at radius 3 is 2.25 bits per heavy atom. The summed E-state index contributed by atoms with van der Waals surface area (Å²) in [6, 6.07) is 0.447. The standard InChI is InChI=1S/C13H28N2O/c1-12(10-15(2)3)14-11-13(16)8-6-4-5-7-9-13/h12,14,16H,4-11H2,1-3H3. The molecule has 1 rings (SSSR count). The average molecular weight is 228 g/mol. The summed E-state index contributed by atoms with van der Waals surface area (Å²) in [7, 11) is 4.16. The van der Waals surface area contributed by atoms with Gasteiger partial charge in [-0.1, -0.05) is 25.7 Å². The van der Waals surface area contributed by atoms with E-state index in [0.29, 0.717) is 6.04 Å². The molecule has 2 N–H and O–H groups in total. The molecule has 0 heterocycles. The van der Waals surface area contributed by atoms with E-state index in [4.69, 9.17) is 0 Å². The van der Waals surface area contributed by atoms with E-state index in [1.54, 1.807) is 0 Å². The van der Waals surface area contributed by atoms with Crippen LogP contribution in [0.15, 0.2) is 0 Å². The van der Waals surface area contributed by atoms with Gasteiger partial charge in [-0.2, -0.15) is 0 Å². The summed E-state index contributed by atoms with van der Waals surface area (Å²) >= 11 is 0. The lowest BCUT2D eigenvalue weighted by atomic mass is 9.94. The molecule has 3 heteroatoms. The zero-order chi connectivity index (χ0) is 12.0. The number of hydrogen-bond donors (Lipinski definition) is 2. The van der Waals surface area contributed by atoms with Gasteiger partial charge in [0.05, 0.1) is 5.60 Å². The van der Waals surface area contributed by atoms with Gasteiger partial charge >= 0.3 is 0 Å². The predicted molar refractivity (Wildman–Crippen MR) is 68.7 cm³/mol. The van der Waals surface area contributed by atoms with E-state index in [-0.39, 0.29) is 0 Å². The van der Waals surface area contributed by atoms with Crippen LogP contribution in [0.3, 0.4) is 0 Å². The number of hydrogen-bond acceptors (Lipinski definition) is 3. The Morgan fingerprint density at radius 2 is 1.75 bits per heavy atom. The first-order valence-electron chi connectivity index (χ1n) is 6.62. The van der Waals surface area contributed by atoms with E-state index < -0.39 is 5.60 Å². The molecule has 0 amide bonds. The van der Waals surface area contributed by atoms with Gasteiger partial charge in [-0.15, -0.1) is 0 Å². The highest BCUT2D eigenvalue weighted by molar-refractivity contribution is 4.84. The van der Waals surface area contributed by atoms with Gasteiger partial charge in [0.2, 0.25) is 0 Å². The molecule has 96 valence electrons. The number of aliphatic hydroxyl groups is 1. The highest BCUT2D eigenvalue weighted by Crippen LogP contribution is 2.26. The molecule has 0 aliphatic heterocycles. The third kappa shape index (κ3) is 5.28. The molecule has 1 aliphatic rings. The minimum absolute atomic E-state index is 0.447. The summed E-state index contributed by atoms with van der Waals surface area (Å²) in [6.45, 7) is 3.96. The Morgan fingerprint density at radius 1 is 1.19 bits per heavy atom. The number of nitrogens with zero attached hydrogens (tertiary/aromatic N) is 1. The van der Waals surface area contributed by atoms with E-state index in [0.717, 1.165) is 25.9 Å². The Labute approximate surface area is 100 Å². The summed E-state index contributed by atoms with van der Waals surface area (Å²) < 4.78 is 0. The molecule has 1 fully saturated rings. The average Bonchev–Trinajstić information content (AvgIpc) is 2.40. The molecule has 0 spiro atoms. The predicted octanol–water partition coefficient (Wildman–Crippen LogP) is 1.61. The van der Waals surface area contributed by atoms with E-state index in [1.165, 1.54) is 25.7 Å². The van der Waals surface area contributed by atoms with E-state index in [9.17, 15) is 5.11 Å². The minimum atomic E-state index is -0.447. The van der Waals surface area contributed by atoms with Gasteiger partial charge in [-0.3, -0.25) is 0 Å². The molecule has 0 saturated heterocycles. The van der Waals surface area contributed by atoms with Crippen molar-refractivity contribution >= 4 is 0 Å². The normalized spacial score (nSPS) is 23.1. The van der Waals surface area contributed by atoms with Gasteiger partial charge < -0.3 is 15.3 Å². The highest BCUT2D eigenvalue weighted by atomic mass is 16.3. The molecule has 1 unspecified atom stereocenters.